The second-order valence-corrected chi connectivity index (χ2v) is 6.91. The van der Waals surface area contributed by atoms with Gasteiger partial charge in [0.1, 0.15) is 11.8 Å². The molecule has 0 bridgehead atoms. The lowest BCUT2D eigenvalue weighted by Gasteiger charge is -2.34. The van der Waals surface area contributed by atoms with E-state index in [1.807, 2.05) is 13.8 Å². The molecule has 23 heavy (non-hydrogen) atoms. The van der Waals surface area contributed by atoms with Gasteiger partial charge in [-0.3, -0.25) is 4.79 Å². The summed E-state index contributed by atoms with van der Waals surface area (Å²) in [7, 11) is 0. The number of amides is 1. The Balaban J connectivity index is 1.90. The molecule has 1 N–H and O–H groups in total. The van der Waals surface area contributed by atoms with Crippen LogP contribution >= 0.6 is 0 Å². The van der Waals surface area contributed by atoms with Crippen LogP contribution in [0, 0.1) is 19.8 Å². The predicted molar refractivity (Wildman–Crippen MR) is 83.0 cm³/mol. The van der Waals surface area contributed by atoms with Gasteiger partial charge in [0, 0.05) is 11.6 Å². The van der Waals surface area contributed by atoms with Crippen molar-refractivity contribution in [3.63, 3.8) is 0 Å². The predicted octanol–water partition coefficient (Wildman–Crippen LogP) is 2.64. The van der Waals surface area contributed by atoms with Crippen molar-refractivity contribution in [3.05, 3.63) is 17.0 Å². The summed E-state index contributed by atoms with van der Waals surface area (Å²) in [4.78, 5) is 26.4. The van der Waals surface area contributed by atoms with E-state index in [1.165, 1.54) is 0 Å². The Hall–Kier alpha value is -1.85. The van der Waals surface area contributed by atoms with Crippen LogP contribution in [0.4, 0.5) is 0 Å². The Morgan fingerprint density at radius 2 is 2.00 bits per heavy atom. The number of carbonyl (C=O) groups excluding carboxylic acids is 1. The summed E-state index contributed by atoms with van der Waals surface area (Å²) < 4.78 is 5.17. The third-order valence-corrected chi connectivity index (χ3v) is 5.52. The average molecular weight is 320 g/mol. The number of fused-ring (bicyclic) bond motifs is 1. The fourth-order valence-electron chi connectivity index (χ4n) is 4.45. The molecule has 2 fully saturated rings. The van der Waals surface area contributed by atoms with Crippen molar-refractivity contribution in [1.82, 2.24) is 10.1 Å². The van der Waals surface area contributed by atoms with Gasteiger partial charge in [-0.25, -0.2) is 4.79 Å². The topological polar surface area (TPSA) is 83.6 Å². The van der Waals surface area contributed by atoms with Crippen molar-refractivity contribution in [3.8, 4) is 0 Å². The maximum Gasteiger partial charge on any atom is 0.326 e. The van der Waals surface area contributed by atoms with Gasteiger partial charge in [0.05, 0.1) is 11.6 Å². The molecule has 0 spiro atoms. The number of carboxylic acids is 1. The first-order valence-electron chi connectivity index (χ1n) is 8.39. The van der Waals surface area contributed by atoms with Gasteiger partial charge in [0.15, 0.2) is 0 Å². The zero-order chi connectivity index (χ0) is 16.7. The summed E-state index contributed by atoms with van der Waals surface area (Å²) in [5.41, 5.74) is 1.49. The molecule has 3 rings (SSSR count). The SMILES string of the molecule is Cc1noc(C)c1[C@H](C)C(=O)N1[C@H](C(=O)O)C[C@H]2CCCC[C@@H]21. The van der Waals surface area contributed by atoms with Crippen LogP contribution in [0.2, 0.25) is 0 Å². The monoisotopic (exact) mass is 320 g/mol. The lowest BCUT2D eigenvalue weighted by molar-refractivity contribution is -0.150. The maximum atomic E-state index is 13.1. The van der Waals surface area contributed by atoms with E-state index in [1.54, 1.807) is 11.8 Å². The number of carboxylic acid groups (broad SMARTS) is 1. The number of aromatic nitrogens is 1. The van der Waals surface area contributed by atoms with Crippen molar-refractivity contribution < 1.29 is 19.2 Å². The molecule has 4 atom stereocenters. The van der Waals surface area contributed by atoms with Gasteiger partial charge < -0.3 is 14.5 Å². The molecule has 1 amide bonds. The third-order valence-electron chi connectivity index (χ3n) is 5.52. The molecule has 1 aliphatic heterocycles. The molecule has 0 unspecified atom stereocenters. The molecule has 1 aliphatic carbocycles. The standard InChI is InChI=1S/C17H24N2O4/c1-9(15-10(2)18-23-11(15)3)16(20)19-13-7-5-4-6-12(13)8-14(19)17(21)22/h9,12-14H,4-8H2,1-3H3,(H,21,22)/t9-,12+,13-,14-/m0/s1. The maximum absolute atomic E-state index is 13.1. The smallest absolute Gasteiger partial charge is 0.326 e. The largest absolute Gasteiger partial charge is 0.480 e. The third kappa shape index (κ3) is 2.64. The minimum Gasteiger partial charge on any atom is -0.480 e. The quantitative estimate of drug-likeness (QED) is 0.925. The number of nitrogens with zero attached hydrogens (tertiary/aromatic N) is 2. The van der Waals surface area contributed by atoms with Gasteiger partial charge in [-0.2, -0.15) is 0 Å². The molecule has 6 heteroatoms. The van der Waals surface area contributed by atoms with Crippen LogP contribution < -0.4 is 0 Å². The van der Waals surface area contributed by atoms with Crippen molar-refractivity contribution in [1.29, 1.82) is 0 Å². The van der Waals surface area contributed by atoms with E-state index in [0.717, 1.165) is 31.2 Å². The second-order valence-electron chi connectivity index (χ2n) is 6.91. The van der Waals surface area contributed by atoms with E-state index in [4.69, 9.17) is 4.52 Å². The highest BCUT2D eigenvalue weighted by Gasteiger charge is 2.48. The van der Waals surface area contributed by atoms with Crippen LogP contribution in [0.25, 0.3) is 0 Å². The van der Waals surface area contributed by atoms with E-state index in [-0.39, 0.29) is 11.9 Å². The molecule has 126 valence electrons. The molecule has 2 aliphatic rings. The Morgan fingerprint density at radius 3 is 2.61 bits per heavy atom. The number of hydrogen-bond donors (Lipinski definition) is 1. The first-order chi connectivity index (χ1) is 10.9. The molecular weight excluding hydrogens is 296 g/mol. The zero-order valence-electron chi connectivity index (χ0n) is 13.9. The highest BCUT2D eigenvalue weighted by molar-refractivity contribution is 5.89. The number of aliphatic carboxylic acids is 1. The first kappa shape index (κ1) is 16.0. The van der Waals surface area contributed by atoms with Crippen molar-refractivity contribution in [2.75, 3.05) is 0 Å². The van der Waals surface area contributed by atoms with Gasteiger partial charge >= 0.3 is 5.97 Å². The molecule has 1 aromatic heterocycles. The molecule has 0 radical (unpaired) electrons. The highest BCUT2D eigenvalue weighted by atomic mass is 16.5. The van der Waals surface area contributed by atoms with Crippen molar-refractivity contribution in [2.45, 2.75) is 70.9 Å². The number of likely N-dealkylation sites (tertiary alicyclic amines) is 1. The lowest BCUT2D eigenvalue weighted by Crippen LogP contribution is -2.47. The Morgan fingerprint density at radius 1 is 1.30 bits per heavy atom. The number of rotatable bonds is 3. The Kier molecular flexibility index (Phi) is 4.17. The van der Waals surface area contributed by atoms with Gasteiger partial charge in [0.2, 0.25) is 5.91 Å². The normalized spacial score (nSPS) is 28.5. The summed E-state index contributed by atoms with van der Waals surface area (Å²) in [5, 5.41) is 13.5. The molecule has 1 saturated carbocycles. The minimum atomic E-state index is -0.890. The molecule has 1 saturated heterocycles. The van der Waals surface area contributed by atoms with Crippen LogP contribution in [0.1, 0.15) is 62.0 Å². The fourth-order valence-corrected chi connectivity index (χ4v) is 4.45. The second kappa shape index (κ2) is 5.98. The van der Waals surface area contributed by atoms with Crippen LogP contribution in [0.15, 0.2) is 4.52 Å². The minimum absolute atomic E-state index is 0.0697. The summed E-state index contributed by atoms with van der Waals surface area (Å²) in [6, 6.07) is -0.626. The average Bonchev–Trinajstić information content (AvgIpc) is 3.06. The van der Waals surface area contributed by atoms with Crippen molar-refractivity contribution in [2.24, 2.45) is 5.92 Å². The Bertz CT molecular complexity index is 605. The van der Waals surface area contributed by atoms with Crippen LogP contribution in [-0.2, 0) is 9.59 Å². The molecule has 1 aromatic rings. The number of hydrogen-bond acceptors (Lipinski definition) is 4. The van der Waals surface area contributed by atoms with Crippen molar-refractivity contribution >= 4 is 11.9 Å². The summed E-state index contributed by atoms with van der Waals surface area (Å²) in [5.74, 6) is -0.469. The van der Waals surface area contributed by atoms with E-state index in [2.05, 4.69) is 5.16 Å². The molecule has 6 nitrogen and oxygen atoms in total. The van der Waals surface area contributed by atoms with E-state index in [0.29, 0.717) is 23.8 Å². The van der Waals surface area contributed by atoms with E-state index in [9.17, 15) is 14.7 Å². The van der Waals surface area contributed by atoms with Crippen LogP contribution in [-0.4, -0.2) is 39.1 Å². The molecule has 2 heterocycles. The van der Waals surface area contributed by atoms with Gasteiger partial charge in [-0.15, -0.1) is 0 Å². The summed E-state index contributed by atoms with van der Waals surface area (Å²) in [6.07, 6.45) is 4.72. The van der Waals surface area contributed by atoms with Gasteiger partial charge in [-0.1, -0.05) is 18.0 Å². The highest BCUT2D eigenvalue weighted by Crippen LogP contribution is 2.41. The van der Waals surface area contributed by atoms with Gasteiger partial charge in [0.25, 0.3) is 0 Å². The van der Waals surface area contributed by atoms with Crippen LogP contribution in [0.3, 0.4) is 0 Å². The van der Waals surface area contributed by atoms with Crippen LogP contribution in [0.5, 0.6) is 0 Å². The summed E-state index contributed by atoms with van der Waals surface area (Å²) >= 11 is 0. The van der Waals surface area contributed by atoms with E-state index < -0.39 is 17.9 Å². The number of carbonyl (C=O) groups is 2. The summed E-state index contributed by atoms with van der Waals surface area (Å²) in [6.45, 7) is 5.43. The van der Waals surface area contributed by atoms with Gasteiger partial charge in [-0.05, 0) is 46.0 Å². The fraction of sp³-hybridized carbons (Fsp3) is 0.706. The Labute approximate surface area is 135 Å². The molecular formula is C17H24N2O4. The number of aryl methyl sites for hydroxylation is 2. The zero-order valence-corrected chi connectivity index (χ0v) is 13.9. The first-order valence-corrected chi connectivity index (χ1v) is 8.39. The molecule has 0 aromatic carbocycles. The lowest BCUT2D eigenvalue weighted by atomic mass is 9.84. The van der Waals surface area contributed by atoms with E-state index >= 15 is 0 Å².